The number of fused-ring (bicyclic) bond motifs is 2. The monoisotopic (exact) mass is 322 g/mol. The van der Waals surface area contributed by atoms with Crippen molar-refractivity contribution in [2.45, 2.75) is 50.9 Å². The van der Waals surface area contributed by atoms with Gasteiger partial charge in [-0.15, -0.1) is 12.4 Å². The van der Waals surface area contributed by atoms with Crippen molar-refractivity contribution in [3.63, 3.8) is 0 Å². The molecule has 1 aromatic carbocycles. The molecule has 1 aliphatic carbocycles. The normalized spacial score (nSPS) is 26.8. The molecule has 4 nitrogen and oxygen atoms in total. The Hall–Kier alpha value is -1.10. The van der Waals surface area contributed by atoms with Crippen LogP contribution in [0.4, 0.5) is 0 Å². The fourth-order valence-electron chi connectivity index (χ4n) is 3.94. The van der Waals surface area contributed by atoms with Crippen LogP contribution in [0.3, 0.4) is 0 Å². The van der Waals surface area contributed by atoms with E-state index in [1.807, 2.05) is 6.07 Å². The zero-order valence-corrected chi connectivity index (χ0v) is 13.5. The topological polar surface area (TPSA) is 41.6 Å². The van der Waals surface area contributed by atoms with E-state index in [9.17, 15) is 4.79 Å². The second-order valence-electron chi connectivity index (χ2n) is 6.35. The van der Waals surface area contributed by atoms with Gasteiger partial charge in [0.05, 0.1) is 18.8 Å². The maximum atomic E-state index is 12.9. The summed E-state index contributed by atoms with van der Waals surface area (Å²) < 4.78 is 5.87. The summed E-state index contributed by atoms with van der Waals surface area (Å²) in [5, 5.41) is 3.33. The number of carbonyl (C=O) groups excluding carboxylic acids is 1. The molecule has 3 aliphatic rings. The molecule has 2 atom stereocenters. The van der Waals surface area contributed by atoms with Crippen molar-refractivity contribution in [1.29, 1.82) is 0 Å². The van der Waals surface area contributed by atoms with Crippen LogP contribution in [0.5, 0.6) is 0 Å². The highest BCUT2D eigenvalue weighted by Crippen LogP contribution is 2.30. The minimum Gasteiger partial charge on any atom is -0.374 e. The second kappa shape index (κ2) is 6.57. The predicted octanol–water partition coefficient (Wildman–Crippen LogP) is 2.50. The second-order valence-corrected chi connectivity index (χ2v) is 6.35. The fourth-order valence-corrected chi connectivity index (χ4v) is 3.94. The molecule has 120 valence electrons. The Morgan fingerprint density at radius 3 is 2.91 bits per heavy atom. The molecule has 2 aliphatic heterocycles. The first kappa shape index (κ1) is 15.8. The third kappa shape index (κ3) is 2.75. The standard InChI is InChI=1S/C17H22N2O2.ClH/c20-17(12-5-6-13-10-18-11-14(13)9-12)19-7-8-21-16-4-2-1-3-15(16)19;/h5-6,9,15-16,18H,1-4,7-8,10-11H2;1H. The highest BCUT2D eigenvalue weighted by Gasteiger charge is 2.37. The highest BCUT2D eigenvalue weighted by molar-refractivity contribution is 5.95. The van der Waals surface area contributed by atoms with Crippen molar-refractivity contribution < 1.29 is 9.53 Å². The first-order chi connectivity index (χ1) is 10.3. The van der Waals surface area contributed by atoms with Crippen molar-refractivity contribution in [2.75, 3.05) is 13.2 Å². The lowest BCUT2D eigenvalue weighted by Gasteiger charge is -2.43. The quantitative estimate of drug-likeness (QED) is 0.863. The molecule has 0 aromatic heterocycles. The molecule has 2 heterocycles. The molecule has 5 heteroatoms. The van der Waals surface area contributed by atoms with Gasteiger partial charge in [-0.2, -0.15) is 0 Å². The average Bonchev–Trinajstić information content (AvgIpc) is 3.01. The summed E-state index contributed by atoms with van der Waals surface area (Å²) in [5.74, 6) is 0.185. The van der Waals surface area contributed by atoms with Crippen molar-refractivity contribution in [1.82, 2.24) is 10.2 Å². The molecule has 0 bridgehead atoms. The maximum Gasteiger partial charge on any atom is 0.254 e. The summed E-state index contributed by atoms with van der Waals surface area (Å²) in [6.45, 7) is 3.21. The molecule has 0 spiro atoms. The van der Waals surface area contributed by atoms with Crippen LogP contribution in [0, 0.1) is 0 Å². The Morgan fingerprint density at radius 2 is 2.00 bits per heavy atom. The van der Waals surface area contributed by atoms with Crippen LogP contribution in [0.2, 0.25) is 0 Å². The third-order valence-electron chi connectivity index (χ3n) is 5.08. The van der Waals surface area contributed by atoms with E-state index in [0.717, 1.165) is 38.0 Å². The molecule has 1 saturated carbocycles. The predicted molar refractivity (Wildman–Crippen MR) is 87.3 cm³/mol. The summed E-state index contributed by atoms with van der Waals surface area (Å²) >= 11 is 0. The van der Waals surface area contributed by atoms with E-state index in [1.165, 1.54) is 24.0 Å². The number of rotatable bonds is 1. The third-order valence-corrected chi connectivity index (χ3v) is 5.08. The van der Waals surface area contributed by atoms with Crippen molar-refractivity contribution in [2.24, 2.45) is 0 Å². The highest BCUT2D eigenvalue weighted by atomic mass is 35.5. The van der Waals surface area contributed by atoms with E-state index in [1.54, 1.807) is 0 Å². The van der Waals surface area contributed by atoms with Crippen molar-refractivity contribution in [3.05, 3.63) is 34.9 Å². The number of nitrogens with zero attached hydrogens (tertiary/aromatic N) is 1. The number of nitrogens with one attached hydrogen (secondary N) is 1. The summed E-state index contributed by atoms with van der Waals surface area (Å²) in [6, 6.07) is 6.44. The van der Waals surface area contributed by atoms with Crippen LogP contribution in [0.1, 0.15) is 47.2 Å². The lowest BCUT2D eigenvalue weighted by atomic mass is 9.89. The van der Waals surface area contributed by atoms with Crippen LogP contribution >= 0.6 is 12.4 Å². The van der Waals surface area contributed by atoms with Gasteiger partial charge >= 0.3 is 0 Å². The zero-order chi connectivity index (χ0) is 14.2. The van der Waals surface area contributed by atoms with Gasteiger partial charge in [0, 0.05) is 25.2 Å². The Balaban J connectivity index is 0.00000144. The van der Waals surface area contributed by atoms with Crippen molar-refractivity contribution in [3.8, 4) is 0 Å². The molecule has 1 saturated heterocycles. The molecule has 2 unspecified atom stereocenters. The van der Waals surface area contributed by atoms with Gasteiger partial charge in [-0.1, -0.05) is 18.9 Å². The molecule has 1 N–H and O–H groups in total. The molecule has 22 heavy (non-hydrogen) atoms. The van der Waals surface area contributed by atoms with E-state index >= 15 is 0 Å². The minimum atomic E-state index is 0. The zero-order valence-electron chi connectivity index (χ0n) is 12.7. The number of carbonyl (C=O) groups is 1. The van der Waals surface area contributed by atoms with Gasteiger partial charge in [0.25, 0.3) is 5.91 Å². The van der Waals surface area contributed by atoms with Gasteiger partial charge in [-0.3, -0.25) is 4.79 Å². The Morgan fingerprint density at radius 1 is 1.18 bits per heavy atom. The summed E-state index contributed by atoms with van der Waals surface area (Å²) in [7, 11) is 0. The molecule has 0 radical (unpaired) electrons. The molecule has 2 fully saturated rings. The fraction of sp³-hybridized carbons (Fsp3) is 0.588. The van der Waals surface area contributed by atoms with Crippen LogP contribution < -0.4 is 5.32 Å². The summed E-state index contributed by atoms with van der Waals surface area (Å²) in [6.07, 6.45) is 4.88. The largest absolute Gasteiger partial charge is 0.374 e. The van der Waals surface area contributed by atoms with Gasteiger partial charge < -0.3 is 15.0 Å². The maximum absolute atomic E-state index is 12.9. The smallest absolute Gasteiger partial charge is 0.254 e. The van der Waals surface area contributed by atoms with Gasteiger partial charge in [0.1, 0.15) is 0 Å². The average molecular weight is 323 g/mol. The molecule has 1 aromatic rings. The van der Waals surface area contributed by atoms with E-state index in [-0.39, 0.29) is 30.5 Å². The summed E-state index contributed by atoms with van der Waals surface area (Å²) in [4.78, 5) is 15.0. The molecule has 4 rings (SSSR count). The number of hydrogen-bond acceptors (Lipinski definition) is 3. The van der Waals surface area contributed by atoms with Crippen LogP contribution in [0.15, 0.2) is 18.2 Å². The summed E-state index contributed by atoms with van der Waals surface area (Å²) in [5.41, 5.74) is 3.43. The first-order valence-electron chi connectivity index (χ1n) is 8.08. The van der Waals surface area contributed by atoms with E-state index < -0.39 is 0 Å². The van der Waals surface area contributed by atoms with E-state index in [2.05, 4.69) is 22.3 Å². The molecule has 1 amide bonds. The van der Waals surface area contributed by atoms with Gasteiger partial charge in [0.15, 0.2) is 0 Å². The number of benzene rings is 1. The lowest BCUT2D eigenvalue weighted by Crippen LogP contribution is -2.54. The number of hydrogen-bond donors (Lipinski definition) is 1. The van der Waals surface area contributed by atoms with E-state index in [4.69, 9.17) is 4.74 Å². The first-order valence-corrected chi connectivity index (χ1v) is 8.08. The van der Waals surface area contributed by atoms with Crippen molar-refractivity contribution >= 4 is 18.3 Å². The van der Waals surface area contributed by atoms with Gasteiger partial charge in [-0.25, -0.2) is 0 Å². The van der Waals surface area contributed by atoms with Crippen LogP contribution in [-0.2, 0) is 17.8 Å². The number of ether oxygens (including phenoxy) is 1. The van der Waals surface area contributed by atoms with E-state index in [0.29, 0.717) is 6.61 Å². The number of morpholine rings is 1. The molecular formula is C17H23ClN2O2. The molecular weight excluding hydrogens is 300 g/mol. The SMILES string of the molecule is Cl.O=C(c1ccc2c(c1)CNC2)N1CCOC2CCCCC21. The minimum absolute atomic E-state index is 0. The Kier molecular flexibility index (Phi) is 4.71. The number of halogens is 1. The van der Waals surface area contributed by atoms with Crippen LogP contribution in [0.25, 0.3) is 0 Å². The Bertz CT molecular complexity index is 562. The number of amides is 1. The van der Waals surface area contributed by atoms with Gasteiger partial charge in [0.2, 0.25) is 0 Å². The Labute approximate surface area is 137 Å². The van der Waals surface area contributed by atoms with Gasteiger partial charge in [-0.05, 0) is 36.1 Å². The van der Waals surface area contributed by atoms with Crippen LogP contribution in [-0.4, -0.2) is 36.1 Å². The lowest BCUT2D eigenvalue weighted by molar-refractivity contribution is -0.0752.